The van der Waals surface area contributed by atoms with Crippen molar-refractivity contribution in [1.29, 1.82) is 0 Å². The third kappa shape index (κ3) is 5.33. The minimum Gasteiger partial charge on any atom is -0.335 e. The Hall–Kier alpha value is -1.65. The number of hydrogen-bond acceptors (Lipinski definition) is 1. The molecule has 1 saturated carbocycles. The molecule has 21 heavy (non-hydrogen) atoms. The number of nitrogens with one attached hydrogen (secondary N) is 1. The summed E-state index contributed by atoms with van der Waals surface area (Å²) in [7, 11) is 0. The fraction of sp³-hybridized carbons (Fsp3) is 0.562. The highest BCUT2D eigenvalue weighted by molar-refractivity contribution is 5.74. The second kappa shape index (κ2) is 7.96. The molecule has 1 aliphatic rings. The van der Waals surface area contributed by atoms with Crippen LogP contribution in [0.15, 0.2) is 30.3 Å². The van der Waals surface area contributed by atoms with Crippen molar-refractivity contribution >= 4 is 6.03 Å². The van der Waals surface area contributed by atoms with Gasteiger partial charge in [-0.2, -0.15) is 0 Å². The third-order valence-corrected chi connectivity index (χ3v) is 3.79. The van der Waals surface area contributed by atoms with Crippen LogP contribution in [0.3, 0.4) is 0 Å². The van der Waals surface area contributed by atoms with Crippen LogP contribution in [0, 0.1) is 0 Å². The minimum atomic E-state index is -2.52. The van der Waals surface area contributed by atoms with Crippen LogP contribution in [0.5, 0.6) is 0 Å². The van der Waals surface area contributed by atoms with Crippen LogP contribution in [0.2, 0.25) is 0 Å². The van der Waals surface area contributed by atoms with E-state index >= 15 is 0 Å². The van der Waals surface area contributed by atoms with E-state index in [1.54, 1.807) is 0 Å². The summed E-state index contributed by atoms with van der Waals surface area (Å²) in [5, 5.41) is 2.90. The summed E-state index contributed by atoms with van der Waals surface area (Å²) in [5.41, 5.74) is 0.858. The van der Waals surface area contributed by atoms with E-state index in [1.165, 1.54) is 11.3 Å². The molecule has 0 aromatic heterocycles. The molecule has 1 aromatic rings. The van der Waals surface area contributed by atoms with Gasteiger partial charge < -0.3 is 10.2 Å². The summed E-state index contributed by atoms with van der Waals surface area (Å²) in [4.78, 5) is 13.4. The predicted octanol–water partition coefficient (Wildman–Crippen LogP) is 3.80. The van der Waals surface area contributed by atoms with Crippen LogP contribution in [-0.4, -0.2) is 29.9 Å². The average Bonchev–Trinajstić information content (AvgIpc) is 2.48. The molecular weight excluding hydrogens is 274 g/mol. The highest BCUT2D eigenvalue weighted by Crippen LogP contribution is 2.18. The third-order valence-electron chi connectivity index (χ3n) is 3.79. The summed E-state index contributed by atoms with van der Waals surface area (Å²) in [6.45, 7) is -0.322. The first-order valence-electron chi connectivity index (χ1n) is 7.52. The molecule has 0 unspecified atom stereocenters. The number of rotatable bonds is 5. The lowest BCUT2D eigenvalue weighted by molar-refractivity contribution is 0.0941. The van der Waals surface area contributed by atoms with E-state index in [9.17, 15) is 13.6 Å². The van der Waals surface area contributed by atoms with E-state index in [0.717, 1.165) is 31.2 Å². The number of amides is 2. The molecule has 0 aliphatic heterocycles. The Bertz CT molecular complexity index is 433. The van der Waals surface area contributed by atoms with Gasteiger partial charge in [-0.05, 0) is 18.4 Å². The zero-order valence-corrected chi connectivity index (χ0v) is 12.1. The number of nitrogens with zero attached hydrogens (tertiary/aromatic N) is 1. The molecule has 0 bridgehead atoms. The lowest BCUT2D eigenvalue weighted by atomic mass is 9.96. The molecule has 2 amide bonds. The monoisotopic (exact) mass is 296 g/mol. The molecule has 3 nitrogen and oxygen atoms in total. The van der Waals surface area contributed by atoms with Crippen molar-refractivity contribution < 1.29 is 13.6 Å². The van der Waals surface area contributed by atoms with Crippen LogP contribution in [0.4, 0.5) is 13.6 Å². The van der Waals surface area contributed by atoms with Gasteiger partial charge in [0.1, 0.15) is 0 Å². The molecule has 0 spiro atoms. The molecule has 0 atom stereocenters. The maximum absolute atomic E-state index is 12.7. The number of alkyl halides is 2. The van der Waals surface area contributed by atoms with E-state index in [1.807, 2.05) is 30.3 Å². The first-order valence-corrected chi connectivity index (χ1v) is 7.52. The quantitative estimate of drug-likeness (QED) is 0.880. The van der Waals surface area contributed by atoms with E-state index in [-0.39, 0.29) is 18.6 Å². The second-order valence-electron chi connectivity index (χ2n) is 5.54. The first kappa shape index (κ1) is 15.7. The minimum absolute atomic E-state index is 0.127. The number of urea groups is 1. The number of benzene rings is 1. The van der Waals surface area contributed by atoms with Gasteiger partial charge >= 0.3 is 6.03 Å². The number of carbonyl (C=O) groups excluding carboxylic acids is 1. The topological polar surface area (TPSA) is 32.3 Å². The molecule has 116 valence electrons. The summed E-state index contributed by atoms with van der Waals surface area (Å²) >= 11 is 0. The number of hydrogen-bond donors (Lipinski definition) is 1. The standard InChI is InChI=1S/C16H22F2N2O/c17-15(18)12-20(11-13-7-3-1-4-8-13)16(21)19-14-9-5-2-6-10-14/h1,3-4,7-8,14-15H,2,5-6,9-12H2,(H,19,21). The molecular formula is C16H22F2N2O. The van der Waals surface area contributed by atoms with Crippen LogP contribution < -0.4 is 5.32 Å². The molecule has 2 rings (SSSR count). The maximum Gasteiger partial charge on any atom is 0.318 e. The fourth-order valence-corrected chi connectivity index (χ4v) is 2.70. The van der Waals surface area contributed by atoms with E-state index < -0.39 is 13.0 Å². The lowest BCUT2D eigenvalue weighted by Gasteiger charge is -2.28. The molecule has 5 heteroatoms. The Kier molecular flexibility index (Phi) is 5.96. The summed E-state index contributed by atoms with van der Waals surface area (Å²) in [6, 6.07) is 8.97. The van der Waals surface area contributed by atoms with Crippen molar-refractivity contribution in [3.63, 3.8) is 0 Å². The first-order chi connectivity index (χ1) is 10.1. The Labute approximate surface area is 124 Å². The van der Waals surface area contributed by atoms with Crippen molar-refractivity contribution in [2.24, 2.45) is 0 Å². The van der Waals surface area contributed by atoms with Crippen molar-refractivity contribution in [2.45, 2.75) is 51.1 Å². The zero-order valence-electron chi connectivity index (χ0n) is 12.1. The van der Waals surface area contributed by atoms with Gasteiger partial charge in [-0.1, -0.05) is 49.6 Å². The molecule has 1 aliphatic carbocycles. The summed E-state index contributed by atoms with van der Waals surface area (Å²) < 4.78 is 25.4. The van der Waals surface area contributed by atoms with Crippen LogP contribution in [-0.2, 0) is 6.54 Å². The lowest BCUT2D eigenvalue weighted by Crippen LogP contribution is -2.46. The van der Waals surface area contributed by atoms with Crippen molar-refractivity contribution in [1.82, 2.24) is 10.2 Å². The fourth-order valence-electron chi connectivity index (χ4n) is 2.70. The summed E-state index contributed by atoms with van der Waals surface area (Å²) in [6.07, 6.45) is 2.75. The Morgan fingerprint density at radius 2 is 1.86 bits per heavy atom. The van der Waals surface area contributed by atoms with Gasteiger partial charge in [0.15, 0.2) is 0 Å². The highest BCUT2D eigenvalue weighted by atomic mass is 19.3. The largest absolute Gasteiger partial charge is 0.335 e. The average molecular weight is 296 g/mol. The Balaban J connectivity index is 1.95. The van der Waals surface area contributed by atoms with Crippen molar-refractivity contribution in [3.05, 3.63) is 35.9 Å². The molecule has 1 fully saturated rings. The Morgan fingerprint density at radius 3 is 2.48 bits per heavy atom. The van der Waals surface area contributed by atoms with Gasteiger partial charge in [-0.25, -0.2) is 13.6 Å². The maximum atomic E-state index is 12.7. The van der Waals surface area contributed by atoms with Gasteiger partial charge in [-0.3, -0.25) is 0 Å². The second-order valence-corrected chi connectivity index (χ2v) is 5.54. The van der Waals surface area contributed by atoms with Crippen LogP contribution in [0.1, 0.15) is 37.7 Å². The normalized spacial score (nSPS) is 16.0. The Morgan fingerprint density at radius 1 is 1.19 bits per heavy atom. The van der Waals surface area contributed by atoms with Crippen molar-refractivity contribution in [3.8, 4) is 0 Å². The van der Waals surface area contributed by atoms with E-state index in [4.69, 9.17) is 0 Å². The smallest absolute Gasteiger partial charge is 0.318 e. The van der Waals surface area contributed by atoms with Crippen LogP contribution in [0.25, 0.3) is 0 Å². The van der Waals surface area contributed by atoms with Gasteiger partial charge in [-0.15, -0.1) is 0 Å². The van der Waals surface area contributed by atoms with Gasteiger partial charge in [0, 0.05) is 12.6 Å². The van der Waals surface area contributed by atoms with Crippen molar-refractivity contribution in [2.75, 3.05) is 6.54 Å². The van der Waals surface area contributed by atoms with Gasteiger partial charge in [0.25, 0.3) is 6.43 Å². The molecule has 0 radical (unpaired) electrons. The van der Waals surface area contributed by atoms with Gasteiger partial charge in [0.05, 0.1) is 6.54 Å². The molecule has 1 N–H and O–H groups in total. The summed E-state index contributed by atoms with van der Waals surface area (Å²) in [5.74, 6) is 0. The van der Waals surface area contributed by atoms with Gasteiger partial charge in [0.2, 0.25) is 0 Å². The van der Waals surface area contributed by atoms with E-state index in [2.05, 4.69) is 5.32 Å². The molecule has 0 saturated heterocycles. The molecule has 0 heterocycles. The van der Waals surface area contributed by atoms with E-state index in [0.29, 0.717) is 0 Å². The molecule has 1 aromatic carbocycles. The number of carbonyl (C=O) groups is 1. The van der Waals surface area contributed by atoms with Crippen LogP contribution >= 0.6 is 0 Å². The predicted molar refractivity (Wildman–Crippen MR) is 78.3 cm³/mol. The highest BCUT2D eigenvalue weighted by Gasteiger charge is 2.22. The zero-order chi connectivity index (χ0) is 15.1. The SMILES string of the molecule is O=C(NC1CCCCC1)N(Cc1ccccc1)CC(F)F. The number of halogens is 2.